The van der Waals surface area contributed by atoms with Crippen LogP contribution in [0.15, 0.2) is 40.5 Å². The number of benzene rings is 1. The Kier molecular flexibility index (Phi) is 2.51. The van der Waals surface area contributed by atoms with Crippen LogP contribution in [0.2, 0.25) is 0 Å². The van der Waals surface area contributed by atoms with Crippen molar-refractivity contribution in [2.24, 2.45) is 0 Å². The molecule has 2 N–H and O–H groups in total. The van der Waals surface area contributed by atoms with Crippen LogP contribution in [0, 0.1) is 0 Å². The molecule has 0 aliphatic heterocycles. The zero-order chi connectivity index (χ0) is 9.80. The molecule has 0 amide bonds. The SMILES string of the molecule is O=c1[nH]c(NOc2ccccc2)cs1. The smallest absolute Gasteiger partial charge is 0.306 e. The lowest BCUT2D eigenvalue weighted by molar-refractivity contribution is 0.402. The minimum atomic E-state index is -0.107. The van der Waals surface area contributed by atoms with E-state index in [4.69, 9.17) is 4.84 Å². The molecule has 0 aliphatic rings. The minimum Gasteiger partial charge on any atom is -0.381 e. The lowest BCUT2D eigenvalue weighted by Gasteiger charge is -2.04. The highest BCUT2D eigenvalue weighted by Crippen LogP contribution is 2.10. The first kappa shape index (κ1) is 8.83. The molecule has 0 unspecified atom stereocenters. The molecule has 2 aromatic rings. The molecular formula is C9H8N2O2S. The van der Waals surface area contributed by atoms with Crippen LogP contribution < -0.4 is 15.2 Å². The van der Waals surface area contributed by atoms with Crippen molar-refractivity contribution in [3.05, 3.63) is 45.4 Å². The molecular weight excluding hydrogens is 200 g/mol. The highest BCUT2D eigenvalue weighted by molar-refractivity contribution is 7.07. The van der Waals surface area contributed by atoms with Crippen molar-refractivity contribution in [1.82, 2.24) is 4.98 Å². The highest BCUT2D eigenvalue weighted by Gasteiger charge is 1.95. The summed E-state index contributed by atoms with van der Waals surface area (Å²) in [6.45, 7) is 0. The first-order valence-corrected chi connectivity index (χ1v) is 4.88. The summed E-state index contributed by atoms with van der Waals surface area (Å²) in [4.78, 5) is 18.4. The first-order valence-electron chi connectivity index (χ1n) is 4.00. The topological polar surface area (TPSA) is 54.1 Å². The Morgan fingerprint density at radius 2 is 2.07 bits per heavy atom. The Morgan fingerprint density at radius 1 is 1.29 bits per heavy atom. The van der Waals surface area contributed by atoms with Gasteiger partial charge in [-0.1, -0.05) is 29.5 Å². The van der Waals surface area contributed by atoms with Gasteiger partial charge in [-0.3, -0.25) is 9.78 Å². The molecule has 0 bridgehead atoms. The van der Waals surface area contributed by atoms with Crippen LogP contribution in [-0.4, -0.2) is 4.98 Å². The number of H-pyrrole nitrogens is 1. The van der Waals surface area contributed by atoms with Gasteiger partial charge in [0.05, 0.1) is 0 Å². The van der Waals surface area contributed by atoms with Crippen LogP contribution >= 0.6 is 11.3 Å². The van der Waals surface area contributed by atoms with Crippen LogP contribution in [-0.2, 0) is 0 Å². The van der Waals surface area contributed by atoms with Crippen molar-refractivity contribution in [1.29, 1.82) is 0 Å². The van der Waals surface area contributed by atoms with Gasteiger partial charge in [0.2, 0.25) is 0 Å². The number of anilines is 1. The van der Waals surface area contributed by atoms with Gasteiger partial charge in [-0.15, -0.1) is 0 Å². The Bertz CT molecular complexity index is 449. The van der Waals surface area contributed by atoms with Crippen molar-refractivity contribution in [2.45, 2.75) is 0 Å². The van der Waals surface area contributed by atoms with Crippen molar-refractivity contribution in [3.63, 3.8) is 0 Å². The Labute approximate surface area is 84.1 Å². The van der Waals surface area contributed by atoms with Gasteiger partial charge >= 0.3 is 4.87 Å². The van der Waals surface area contributed by atoms with E-state index in [-0.39, 0.29) is 4.87 Å². The van der Waals surface area contributed by atoms with Crippen molar-refractivity contribution >= 4 is 17.2 Å². The molecule has 0 radical (unpaired) electrons. The van der Waals surface area contributed by atoms with E-state index in [1.165, 1.54) is 0 Å². The van der Waals surface area contributed by atoms with Gasteiger partial charge in [-0.05, 0) is 12.1 Å². The molecule has 72 valence electrons. The number of hydrogen-bond donors (Lipinski definition) is 2. The van der Waals surface area contributed by atoms with E-state index < -0.39 is 0 Å². The maximum absolute atomic E-state index is 10.8. The normalized spacial score (nSPS) is 9.71. The Balaban J connectivity index is 1.98. The molecule has 0 atom stereocenters. The lowest BCUT2D eigenvalue weighted by Crippen LogP contribution is -2.06. The van der Waals surface area contributed by atoms with Gasteiger partial charge < -0.3 is 4.84 Å². The average Bonchev–Trinajstić information content (AvgIpc) is 2.63. The number of aromatic nitrogens is 1. The molecule has 0 fully saturated rings. The van der Waals surface area contributed by atoms with Gasteiger partial charge in [-0.25, -0.2) is 5.48 Å². The van der Waals surface area contributed by atoms with Crippen molar-refractivity contribution in [2.75, 3.05) is 5.48 Å². The molecule has 2 rings (SSSR count). The third-order valence-electron chi connectivity index (χ3n) is 1.54. The summed E-state index contributed by atoms with van der Waals surface area (Å²) in [7, 11) is 0. The van der Waals surface area contributed by atoms with Crippen LogP contribution in [0.4, 0.5) is 5.82 Å². The summed E-state index contributed by atoms with van der Waals surface area (Å²) < 4.78 is 0. The first-order chi connectivity index (χ1) is 6.84. The summed E-state index contributed by atoms with van der Waals surface area (Å²) in [5.41, 5.74) is 2.64. The predicted molar refractivity (Wildman–Crippen MR) is 55.6 cm³/mol. The van der Waals surface area contributed by atoms with E-state index >= 15 is 0 Å². The van der Waals surface area contributed by atoms with E-state index in [2.05, 4.69) is 10.5 Å². The lowest BCUT2D eigenvalue weighted by atomic mass is 10.3. The summed E-state index contributed by atoms with van der Waals surface area (Å²) in [5, 5.41) is 1.66. The Hall–Kier alpha value is -1.75. The molecule has 5 heteroatoms. The van der Waals surface area contributed by atoms with Crippen molar-refractivity contribution < 1.29 is 4.84 Å². The van der Waals surface area contributed by atoms with E-state index in [9.17, 15) is 4.79 Å². The van der Waals surface area contributed by atoms with E-state index in [0.29, 0.717) is 11.6 Å². The number of aromatic amines is 1. The quantitative estimate of drug-likeness (QED) is 0.757. The van der Waals surface area contributed by atoms with E-state index in [1.807, 2.05) is 30.3 Å². The molecule has 0 aliphatic carbocycles. The van der Waals surface area contributed by atoms with Crippen molar-refractivity contribution in [3.8, 4) is 5.75 Å². The summed E-state index contributed by atoms with van der Waals surface area (Å²) >= 11 is 1.09. The van der Waals surface area contributed by atoms with Crippen LogP contribution in [0.3, 0.4) is 0 Å². The number of para-hydroxylation sites is 1. The summed E-state index contributed by atoms with van der Waals surface area (Å²) in [6.07, 6.45) is 0. The van der Waals surface area contributed by atoms with E-state index in [1.54, 1.807) is 5.38 Å². The standard InChI is InChI=1S/C9H8N2O2S/c12-9-10-8(6-14-9)11-13-7-4-2-1-3-5-7/h1-6,11H,(H,10,12). The number of thiazole rings is 1. The fourth-order valence-corrected chi connectivity index (χ4v) is 1.43. The van der Waals surface area contributed by atoms with E-state index in [0.717, 1.165) is 11.3 Å². The minimum absolute atomic E-state index is 0.107. The molecule has 4 nitrogen and oxygen atoms in total. The molecule has 0 spiro atoms. The fraction of sp³-hybridized carbons (Fsp3) is 0. The molecule has 0 saturated heterocycles. The Morgan fingerprint density at radius 3 is 2.71 bits per heavy atom. The van der Waals surface area contributed by atoms with Crippen LogP contribution in [0.25, 0.3) is 0 Å². The molecule has 0 saturated carbocycles. The summed E-state index contributed by atoms with van der Waals surface area (Å²) in [6, 6.07) is 9.27. The fourth-order valence-electron chi connectivity index (χ4n) is 0.933. The number of hydrogen-bond acceptors (Lipinski definition) is 4. The molecule has 1 aromatic heterocycles. The monoisotopic (exact) mass is 208 g/mol. The second-order valence-corrected chi connectivity index (χ2v) is 3.42. The van der Waals surface area contributed by atoms with Gasteiger partial charge in [0.25, 0.3) is 0 Å². The van der Waals surface area contributed by atoms with Crippen LogP contribution in [0.5, 0.6) is 5.75 Å². The zero-order valence-corrected chi connectivity index (χ0v) is 8.01. The molecule has 1 aromatic carbocycles. The second-order valence-electron chi connectivity index (χ2n) is 2.58. The third kappa shape index (κ3) is 2.14. The highest BCUT2D eigenvalue weighted by atomic mass is 32.1. The average molecular weight is 208 g/mol. The predicted octanol–water partition coefficient (Wildman–Crippen LogP) is 1.84. The van der Waals surface area contributed by atoms with Gasteiger partial charge in [-0.2, -0.15) is 0 Å². The summed E-state index contributed by atoms with van der Waals surface area (Å²) in [5.74, 6) is 1.25. The number of rotatable bonds is 3. The number of nitrogens with one attached hydrogen (secondary N) is 2. The van der Waals surface area contributed by atoms with Gasteiger partial charge in [0.15, 0.2) is 11.6 Å². The molecule has 14 heavy (non-hydrogen) atoms. The van der Waals surface area contributed by atoms with Gasteiger partial charge in [0, 0.05) is 5.38 Å². The maximum atomic E-state index is 10.8. The van der Waals surface area contributed by atoms with Gasteiger partial charge in [0.1, 0.15) is 0 Å². The van der Waals surface area contributed by atoms with Crippen LogP contribution in [0.1, 0.15) is 0 Å². The largest absolute Gasteiger partial charge is 0.381 e. The third-order valence-corrected chi connectivity index (χ3v) is 2.21. The zero-order valence-electron chi connectivity index (χ0n) is 7.19. The second kappa shape index (κ2) is 3.97. The molecule has 1 heterocycles. The maximum Gasteiger partial charge on any atom is 0.306 e.